The zero-order chi connectivity index (χ0) is 13.0. The Hall–Kier alpha value is -0.930. The normalized spacial score (nSPS) is 12.1. The SMILES string of the molecule is O=C(Cc1ccccc1)C(Br)c1ccc(Br)cc1. The van der Waals surface area contributed by atoms with Crippen LogP contribution in [0.2, 0.25) is 0 Å². The van der Waals surface area contributed by atoms with Gasteiger partial charge in [0, 0.05) is 10.9 Å². The summed E-state index contributed by atoms with van der Waals surface area (Å²) in [7, 11) is 0. The summed E-state index contributed by atoms with van der Waals surface area (Å²) in [5, 5.41) is 0. The van der Waals surface area contributed by atoms with E-state index in [0.29, 0.717) is 6.42 Å². The minimum Gasteiger partial charge on any atom is -0.298 e. The van der Waals surface area contributed by atoms with Gasteiger partial charge in [-0.15, -0.1) is 0 Å². The summed E-state index contributed by atoms with van der Waals surface area (Å²) >= 11 is 6.85. The molecule has 0 aliphatic rings. The Bertz CT molecular complexity index is 520. The van der Waals surface area contributed by atoms with Crippen LogP contribution in [0.15, 0.2) is 59.1 Å². The average Bonchev–Trinajstić information content (AvgIpc) is 2.40. The molecule has 0 aliphatic carbocycles. The van der Waals surface area contributed by atoms with Crippen LogP contribution in [0.4, 0.5) is 0 Å². The Morgan fingerprint density at radius 1 is 1.00 bits per heavy atom. The van der Waals surface area contributed by atoms with Gasteiger partial charge in [0.25, 0.3) is 0 Å². The molecule has 3 heteroatoms. The smallest absolute Gasteiger partial charge is 0.155 e. The first-order chi connectivity index (χ1) is 8.66. The van der Waals surface area contributed by atoms with Crippen LogP contribution in [-0.2, 0) is 11.2 Å². The standard InChI is InChI=1S/C15H12Br2O/c16-13-8-6-12(7-9-13)15(17)14(18)10-11-4-2-1-3-5-11/h1-9,15H,10H2. The van der Waals surface area contributed by atoms with Crippen molar-refractivity contribution < 1.29 is 4.79 Å². The molecule has 1 nitrogen and oxygen atoms in total. The maximum absolute atomic E-state index is 12.1. The summed E-state index contributed by atoms with van der Waals surface area (Å²) in [6.45, 7) is 0. The van der Waals surface area contributed by atoms with Gasteiger partial charge in [0.2, 0.25) is 0 Å². The molecule has 0 aromatic heterocycles. The minimum absolute atomic E-state index is 0.170. The zero-order valence-corrected chi connectivity index (χ0v) is 12.8. The average molecular weight is 368 g/mol. The van der Waals surface area contributed by atoms with Crippen LogP contribution in [0.5, 0.6) is 0 Å². The molecule has 0 aliphatic heterocycles. The highest BCUT2D eigenvalue weighted by Gasteiger charge is 2.17. The van der Waals surface area contributed by atoms with Crippen molar-refractivity contribution in [2.45, 2.75) is 11.2 Å². The summed E-state index contributed by atoms with van der Waals surface area (Å²) in [5.41, 5.74) is 2.03. The van der Waals surface area contributed by atoms with Gasteiger partial charge in [0.15, 0.2) is 5.78 Å². The Kier molecular flexibility index (Phi) is 4.72. The van der Waals surface area contributed by atoms with Crippen molar-refractivity contribution in [1.82, 2.24) is 0 Å². The lowest BCUT2D eigenvalue weighted by Gasteiger charge is -2.09. The fourth-order valence-electron chi connectivity index (χ4n) is 1.70. The first-order valence-corrected chi connectivity index (χ1v) is 7.34. The Balaban J connectivity index is 2.07. The van der Waals surface area contributed by atoms with Crippen molar-refractivity contribution in [2.24, 2.45) is 0 Å². The fraction of sp³-hybridized carbons (Fsp3) is 0.133. The number of hydrogen-bond donors (Lipinski definition) is 0. The lowest BCUT2D eigenvalue weighted by Crippen LogP contribution is -2.09. The molecule has 1 atom stereocenters. The van der Waals surface area contributed by atoms with Crippen LogP contribution < -0.4 is 0 Å². The number of alkyl halides is 1. The highest BCUT2D eigenvalue weighted by molar-refractivity contribution is 9.10. The minimum atomic E-state index is -0.245. The molecule has 0 spiro atoms. The summed E-state index contributed by atoms with van der Waals surface area (Å²) < 4.78 is 1.02. The van der Waals surface area contributed by atoms with E-state index in [0.717, 1.165) is 15.6 Å². The van der Waals surface area contributed by atoms with Crippen molar-refractivity contribution in [3.63, 3.8) is 0 Å². The van der Waals surface area contributed by atoms with Gasteiger partial charge in [-0.1, -0.05) is 74.3 Å². The monoisotopic (exact) mass is 366 g/mol. The van der Waals surface area contributed by atoms with Crippen molar-refractivity contribution in [3.8, 4) is 0 Å². The molecule has 2 aromatic rings. The maximum Gasteiger partial charge on any atom is 0.155 e. The molecule has 0 bridgehead atoms. The number of carbonyl (C=O) groups excluding carboxylic acids is 1. The van der Waals surface area contributed by atoms with E-state index >= 15 is 0 Å². The van der Waals surface area contributed by atoms with E-state index in [4.69, 9.17) is 0 Å². The van der Waals surface area contributed by atoms with E-state index in [9.17, 15) is 4.79 Å². The molecule has 0 saturated carbocycles. The Labute approximate surface area is 123 Å². The van der Waals surface area contributed by atoms with E-state index in [1.165, 1.54) is 0 Å². The van der Waals surface area contributed by atoms with Crippen molar-refractivity contribution in [2.75, 3.05) is 0 Å². The van der Waals surface area contributed by atoms with Crippen molar-refractivity contribution in [3.05, 3.63) is 70.2 Å². The van der Waals surface area contributed by atoms with Gasteiger partial charge in [-0.05, 0) is 23.3 Å². The number of hydrogen-bond acceptors (Lipinski definition) is 1. The van der Waals surface area contributed by atoms with Gasteiger partial charge in [0.1, 0.15) is 0 Å². The van der Waals surface area contributed by atoms with Crippen LogP contribution in [-0.4, -0.2) is 5.78 Å². The number of halogens is 2. The van der Waals surface area contributed by atoms with E-state index < -0.39 is 0 Å². The summed E-state index contributed by atoms with van der Waals surface area (Å²) in [6.07, 6.45) is 0.451. The fourth-order valence-corrected chi connectivity index (χ4v) is 2.44. The van der Waals surface area contributed by atoms with E-state index in [1.807, 2.05) is 54.6 Å². The van der Waals surface area contributed by atoms with Gasteiger partial charge < -0.3 is 0 Å². The van der Waals surface area contributed by atoms with Crippen LogP contribution in [0, 0.1) is 0 Å². The predicted octanol–water partition coefficient (Wildman–Crippen LogP) is 4.70. The number of ketones is 1. The molecule has 0 amide bonds. The molecule has 0 fully saturated rings. The van der Waals surface area contributed by atoms with Gasteiger partial charge >= 0.3 is 0 Å². The third kappa shape index (κ3) is 3.53. The summed E-state index contributed by atoms with van der Waals surface area (Å²) in [6, 6.07) is 17.6. The number of rotatable bonds is 4. The van der Waals surface area contributed by atoms with E-state index in [1.54, 1.807) is 0 Å². The molecule has 0 saturated heterocycles. The van der Waals surface area contributed by atoms with Gasteiger partial charge in [-0.2, -0.15) is 0 Å². The molecule has 0 heterocycles. The Morgan fingerprint density at radius 3 is 2.22 bits per heavy atom. The molecule has 0 N–H and O–H groups in total. The predicted molar refractivity (Wildman–Crippen MR) is 81.0 cm³/mol. The lowest BCUT2D eigenvalue weighted by molar-refractivity contribution is -0.117. The highest BCUT2D eigenvalue weighted by atomic mass is 79.9. The quantitative estimate of drug-likeness (QED) is 0.716. The summed E-state index contributed by atoms with van der Waals surface area (Å²) in [4.78, 5) is 11.9. The van der Waals surface area contributed by atoms with Gasteiger partial charge in [-0.3, -0.25) is 4.79 Å². The van der Waals surface area contributed by atoms with E-state index in [2.05, 4.69) is 31.9 Å². The third-order valence-electron chi connectivity index (χ3n) is 2.67. The molecule has 1 unspecified atom stereocenters. The second-order valence-corrected chi connectivity index (χ2v) is 5.87. The number of Topliss-reactive ketones (excluding diaryl/α,β-unsaturated/α-hetero) is 1. The summed E-state index contributed by atoms with van der Waals surface area (Å²) in [5.74, 6) is 0.170. The van der Waals surface area contributed by atoms with Crippen LogP contribution in [0.25, 0.3) is 0 Å². The van der Waals surface area contributed by atoms with E-state index in [-0.39, 0.29) is 10.6 Å². The van der Waals surface area contributed by atoms with Gasteiger partial charge in [-0.25, -0.2) is 0 Å². The van der Waals surface area contributed by atoms with Crippen LogP contribution >= 0.6 is 31.9 Å². The van der Waals surface area contributed by atoms with Gasteiger partial charge in [0.05, 0.1) is 4.83 Å². The molecule has 0 radical (unpaired) electrons. The molecule has 2 aromatic carbocycles. The zero-order valence-electron chi connectivity index (χ0n) is 9.64. The molecule has 92 valence electrons. The molecular formula is C15H12Br2O. The Morgan fingerprint density at radius 2 is 1.61 bits per heavy atom. The molecule has 18 heavy (non-hydrogen) atoms. The number of benzene rings is 2. The molecular weight excluding hydrogens is 356 g/mol. The lowest BCUT2D eigenvalue weighted by atomic mass is 10.0. The maximum atomic E-state index is 12.1. The molecule has 2 rings (SSSR count). The first kappa shape index (κ1) is 13.5. The first-order valence-electron chi connectivity index (χ1n) is 5.63. The largest absolute Gasteiger partial charge is 0.298 e. The van der Waals surface area contributed by atoms with Crippen LogP contribution in [0.3, 0.4) is 0 Å². The highest BCUT2D eigenvalue weighted by Crippen LogP contribution is 2.26. The second kappa shape index (κ2) is 6.30. The third-order valence-corrected chi connectivity index (χ3v) is 4.23. The second-order valence-electron chi connectivity index (χ2n) is 4.04. The van der Waals surface area contributed by atoms with Crippen molar-refractivity contribution >= 4 is 37.6 Å². The topological polar surface area (TPSA) is 17.1 Å². The van der Waals surface area contributed by atoms with Crippen molar-refractivity contribution in [1.29, 1.82) is 0 Å². The van der Waals surface area contributed by atoms with Crippen LogP contribution in [0.1, 0.15) is 16.0 Å². The number of carbonyl (C=O) groups is 1.